The first-order chi connectivity index (χ1) is 12.1. The quantitative estimate of drug-likeness (QED) is 0.401. The van der Waals surface area contributed by atoms with E-state index in [9.17, 15) is 0 Å². The molecular formula is C23H33NS. The van der Waals surface area contributed by atoms with Crippen molar-refractivity contribution in [2.24, 2.45) is 22.7 Å². The van der Waals surface area contributed by atoms with Crippen molar-refractivity contribution in [1.82, 2.24) is 0 Å². The normalized spacial score (nSPS) is 29.9. The molecule has 0 N–H and O–H groups in total. The molecule has 25 heavy (non-hydrogen) atoms. The second-order valence-electron chi connectivity index (χ2n) is 8.79. The van der Waals surface area contributed by atoms with Gasteiger partial charge >= 0.3 is 0 Å². The van der Waals surface area contributed by atoms with E-state index in [0.29, 0.717) is 0 Å². The Bertz CT molecular complexity index is 604. The fourth-order valence-electron chi connectivity index (χ4n) is 5.21. The third-order valence-electron chi connectivity index (χ3n) is 6.79. The van der Waals surface area contributed by atoms with Crippen LogP contribution in [0.3, 0.4) is 0 Å². The minimum absolute atomic E-state index is 0.741. The third kappa shape index (κ3) is 4.80. The number of isothiocyanates is 1. The smallest absolute Gasteiger partial charge is 0.0798 e. The van der Waals surface area contributed by atoms with E-state index in [2.05, 4.69) is 43.1 Å². The van der Waals surface area contributed by atoms with Gasteiger partial charge in [0.15, 0.2) is 0 Å². The highest BCUT2D eigenvalue weighted by Gasteiger charge is 2.27. The number of aryl methyl sites for hydroxylation is 2. The predicted molar refractivity (Wildman–Crippen MR) is 111 cm³/mol. The van der Waals surface area contributed by atoms with Gasteiger partial charge in [0.1, 0.15) is 0 Å². The number of aliphatic imine (C=N–C) groups is 1. The van der Waals surface area contributed by atoms with Gasteiger partial charge in [-0.3, -0.25) is 0 Å². The van der Waals surface area contributed by atoms with Crippen molar-refractivity contribution in [3.63, 3.8) is 0 Å². The first kappa shape index (κ1) is 18.8. The molecular weight excluding hydrogens is 322 g/mol. The van der Waals surface area contributed by atoms with E-state index in [0.717, 1.165) is 29.4 Å². The molecule has 0 saturated heterocycles. The summed E-state index contributed by atoms with van der Waals surface area (Å²) < 4.78 is 0. The lowest BCUT2D eigenvalue weighted by Crippen LogP contribution is -2.19. The van der Waals surface area contributed by atoms with E-state index in [1.807, 2.05) is 0 Å². The Morgan fingerprint density at radius 3 is 1.96 bits per heavy atom. The molecule has 0 radical (unpaired) electrons. The van der Waals surface area contributed by atoms with Gasteiger partial charge in [0.2, 0.25) is 0 Å². The molecule has 0 spiro atoms. The lowest BCUT2D eigenvalue weighted by Gasteiger charge is -2.34. The molecule has 1 aromatic carbocycles. The Hall–Kier alpha value is -0.980. The predicted octanol–water partition coefficient (Wildman–Crippen LogP) is 7.53. The number of thiocarbonyl (C=S) groups is 1. The summed E-state index contributed by atoms with van der Waals surface area (Å²) in [5.74, 6) is 3.72. The topological polar surface area (TPSA) is 12.4 Å². The van der Waals surface area contributed by atoms with Gasteiger partial charge < -0.3 is 0 Å². The highest BCUT2D eigenvalue weighted by molar-refractivity contribution is 7.78. The van der Waals surface area contributed by atoms with Crippen LogP contribution in [0, 0.1) is 31.6 Å². The summed E-state index contributed by atoms with van der Waals surface area (Å²) >= 11 is 4.78. The Labute approximate surface area is 159 Å². The van der Waals surface area contributed by atoms with E-state index in [1.165, 1.54) is 74.5 Å². The standard InChI is InChI=1S/C23H33NS/c1-16-4-6-19(7-5-16)14-20-8-10-21(11-9-20)22-12-17(2)23(24-15-25)18(3)13-22/h12-13,16,19-21H,4-11,14H2,1-3H3. The van der Waals surface area contributed by atoms with Gasteiger partial charge in [0, 0.05) is 0 Å². The van der Waals surface area contributed by atoms with Crippen molar-refractivity contribution in [2.75, 3.05) is 0 Å². The average molecular weight is 356 g/mol. The number of hydrogen-bond donors (Lipinski definition) is 0. The molecule has 3 rings (SSSR count). The van der Waals surface area contributed by atoms with Crippen LogP contribution in [0.4, 0.5) is 5.69 Å². The average Bonchev–Trinajstić information content (AvgIpc) is 2.61. The molecule has 0 bridgehead atoms. The van der Waals surface area contributed by atoms with Gasteiger partial charge in [0.05, 0.1) is 10.8 Å². The van der Waals surface area contributed by atoms with Crippen LogP contribution in [-0.2, 0) is 0 Å². The summed E-state index contributed by atoms with van der Waals surface area (Å²) in [7, 11) is 0. The van der Waals surface area contributed by atoms with Crippen LogP contribution in [0.1, 0.15) is 87.3 Å². The third-order valence-corrected chi connectivity index (χ3v) is 6.88. The molecule has 1 aromatic rings. The molecule has 1 nitrogen and oxygen atoms in total. The highest BCUT2D eigenvalue weighted by Crippen LogP contribution is 2.42. The number of rotatable bonds is 4. The second kappa shape index (κ2) is 8.60. The fourth-order valence-corrected chi connectivity index (χ4v) is 5.31. The Balaban J connectivity index is 1.56. The molecule has 136 valence electrons. The summed E-state index contributed by atoms with van der Waals surface area (Å²) in [5.41, 5.74) is 5.01. The van der Waals surface area contributed by atoms with Gasteiger partial charge in [-0.25, -0.2) is 0 Å². The molecule has 0 aromatic heterocycles. The van der Waals surface area contributed by atoms with E-state index < -0.39 is 0 Å². The highest BCUT2D eigenvalue weighted by atomic mass is 32.1. The number of benzene rings is 1. The molecule has 0 heterocycles. The lowest BCUT2D eigenvalue weighted by molar-refractivity contribution is 0.211. The SMILES string of the molecule is Cc1cc(C2CCC(CC3CCC(C)CC3)CC2)cc(C)c1N=C=S. The first-order valence-electron chi connectivity index (χ1n) is 10.3. The van der Waals surface area contributed by atoms with E-state index in [4.69, 9.17) is 12.2 Å². The zero-order valence-corrected chi connectivity index (χ0v) is 17.0. The maximum absolute atomic E-state index is 4.78. The summed E-state index contributed by atoms with van der Waals surface area (Å²) in [6, 6.07) is 4.68. The van der Waals surface area contributed by atoms with Crippen LogP contribution >= 0.6 is 12.2 Å². The maximum atomic E-state index is 4.78. The lowest BCUT2D eigenvalue weighted by atomic mass is 9.72. The molecule has 2 heteroatoms. The number of nitrogens with zero attached hydrogens (tertiary/aromatic N) is 1. The van der Waals surface area contributed by atoms with Gasteiger partial charge in [-0.2, -0.15) is 4.99 Å². The van der Waals surface area contributed by atoms with Crippen molar-refractivity contribution < 1.29 is 0 Å². The second-order valence-corrected chi connectivity index (χ2v) is 8.97. The molecule has 2 aliphatic carbocycles. The summed E-state index contributed by atoms with van der Waals surface area (Å²) in [6.45, 7) is 6.73. The van der Waals surface area contributed by atoms with Crippen LogP contribution in [0.25, 0.3) is 0 Å². The fraction of sp³-hybridized carbons (Fsp3) is 0.696. The minimum atomic E-state index is 0.741. The summed E-state index contributed by atoms with van der Waals surface area (Å²) in [5, 5.41) is 2.52. The van der Waals surface area contributed by atoms with Gasteiger partial charge in [-0.05, 0) is 98.5 Å². The van der Waals surface area contributed by atoms with E-state index >= 15 is 0 Å². The Morgan fingerprint density at radius 1 is 0.920 bits per heavy atom. The molecule has 2 fully saturated rings. The van der Waals surface area contributed by atoms with Crippen LogP contribution in [0.2, 0.25) is 0 Å². The van der Waals surface area contributed by atoms with Crippen molar-refractivity contribution in [3.8, 4) is 0 Å². The Morgan fingerprint density at radius 2 is 1.44 bits per heavy atom. The van der Waals surface area contributed by atoms with Crippen molar-refractivity contribution in [2.45, 2.75) is 84.5 Å². The van der Waals surface area contributed by atoms with Gasteiger partial charge in [0.25, 0.3) is 0 Å². The maximum Gasteiger partial charge on any atom is 0.0798 e. The summed E-state index contributed by atoms with van der Waals surface area (Å²) in [4.78, 5) is 4.24. The minimum Gasteiger partial charge on any atom is -0.194 e. The zero-order valence-electron chi connectivity index (χ0n) is 16.2. The zero-order chi connectivity index (χ0) is 17.8. The molecule has 0 unspecified atom stereocenters. The van der Waals surface area contributed by atoms with E-state index in [1.54, 1.807) is 0 Å². The molecule has 0 atom stereocenters. The Kier molecular flexibility index (Phi) is 6.47. The molecule has 2 aliphatic rings. The molecule has 2 saturated carbocycles. The van der Waals surface area contributed by atoms with Crippen LogP contribution < -0.4 is 0 Å². The van der Waals surface area contributed by atoms with E-state index in [-0.39, 0.29) is 0 Å². The van der Waals surface area contributed by atoms with Crippen LogP contribution in [0.5, 0.6) is 0 Å². The van der Waals surface area contributed by atoms with Crippen molar-refractivity contribution in [1.29, 1.82) is 0 Å². The summed E-state index contributed by atoms with van der Waals surface area (Å²) in [6.07, 6.45) is 13.0. The molecule has 0 amide bonds. The van der Waals surface area contributed by atoms with Crippen molar-refractivity contribution in [3.05, 3.63) is 28.8 Å². The number of hydrogen-bond acceptors (Lipinski definition) is 2. The van der Waals surface area contributed by atoms with Crippen LogP contribution in [0.15, 0.2) is 17.1 Å². The van der Waals surface area contributed by atoms with Gasteiger partial charge in [-0.1, -0.05) is 44.7 Å². The van der Waals surface area contributed by atoms with Crippen molar-refractivity contribution >= 4 is 23.1 Å². The molecule has 0 aliphatic heterocycles. The monoisotopic (exact) mass is 355 g/mol. The van der Waals surface area contributed by atoms with Gasteiger partial charge in [-0.15, -0.1) is 0 Å². The largest absolute Gasteiger partial charge is 0.194 e. The van der Waals surface area contributed by atoms with Crippen LogP contribution in [-0.4, -0.2) is 5.16 Å². The first-order valence-corrected chi connectivity index (χ1v) is 10.7.